The lowest BCUT2D eigenvalue weighted by Gasteiger charge is -2.21. The minimum absolute atomic E-state index is 0.426. The zero-order chi connectivity index (χ0) is 14.6. The maximum atomic E-state index is 10.9. The van der Waals surface area contributed by atoms with Gasteiger partial charge in [0.05, 0.1) is 0 Å². The smallest absolute Gasteiger partial charge is 0.323 e. The Kier molecular flexibility index (Phi) is 4.25. The number of hydrogen-bond acceptors (Lipinski definition) is 3. The normalized spacial score (nSPS) is 11.5. The first-order valence-electron chi connectivity index (χ1n) is 6.59. The van der Waals surface area contributed by atoms with Crippen LogP contribution in [0.5, 0.6) is 5.75 Å². The summed E-state index contributed by atoms with van der Waals surface area (Å²) in [5.74, 6) is -0.0816. The van der Waals surface area contributed by atoms with Gasteiger partial charge in [0.25, 0.3) is 0 Å². The molecule has 2 aromatic carbocycles. The molecule has 0 unspecified atom stereocenters. The highest BCUT2D eigenvalue weighted by molar-refractivity contribution is 5.83. The van der Waals surface area contributed by atoms with Crippen molar-refractivity contribution in [2.75, 3.05) is 13.2 Å². The summed E-state index contributed by atoms with van der Waals surface area (Å²) in [5, 5.41) is 14.2. The van der Waals surface area contributed by atoms with Crippen LogP contribution in [0.15, 0.2) is 42.5 Å². The maximum absolute atomic E-state index is 10.9. The van der Waals surface area contributed by atoms with Crippen molar-refractivity contribution in [2.24, 2.45) is 0 Å². The largest absolute Gasteiger partial charge is 0.492 e. The molecule has 0 amide bonds. The minimum Gasteiger partial charge on any atom is -0.492 e. The number of aliphatic carboxylic acids is 1. The molecule has 0 aliphatic rings. The third-order valence-corrected chi connectivity index (χ3v) is 3.19. The Morgan fingerprint density at radius 2 is 1.90 bits per heavy atom. The zero-order valence-electron chi connectivity index (χ0n) is 11.7. The second-order valence-corrected chi connectivity index (χ2v) is 5.21. The molecule has 0 bridgehead atoms. The van der Waals surface area contributed by atoms with E-state index in [-0.39, 0.29) is 0 Å². The van der Waals surface area contributed by atoms with Gasteiger partial charge in [0.15, 0.2) is 0 Å². The van der Waals surface area contributed by atoms with Crippen molar-refractivity contribution in [3.63, 3.8) is 0 Å². The van der Waals surface area contributed by atoms with Crippen molar-refractivity contribution in [3.05, 3.63) is 42.5 Å². The molecule has 0 atom stereocenters. The van der Waals surface area contributed by atoms with Gasteiger partial charge in [-0.15, -0.1) is 0 Å². The zero-order valence-corrected chi connectivity index (χ0v) is 11.7. The minimum atomic E-state index is -0.938. The Hall–Kier alpha value is -2.07. The van der Waals surface area contributed by atoms with Crippen molar-refractivity contribution < 1.29 is 14.6 Å². The highest BCUT2D eigenvalue weighted by atomic mass is 16.5. The molecule has 2 aromatic rings. The Labute approximate surface area is 118 Å². The standard InChI is InChI=1S/C16H19NO3/c1-16(2,15(18)19)17-9-10-20-14-8-7-12-5-3-4-6-13(12)11-14/h3-8,11,17H,9-10H2,1-2H3,(H,18,19). The van der Waals surface area contributed by atoms with E-state index in [1.165, 1.54) is 5.39 Å². The van der Waals surface area contributed by atoms with Crippen LogP contribution in [0.2, 0.25) is 0 Å². The molecule has 0 aromatic heterocycles. The van der Waals surface area contributed by atoms with E-state index in [1.807, 2.05) is 36.4 Å². The molecule has 2 rings (SSSR count). The molecule has 0 saturated carbocycles. The molecular weight excluding hydrogens is 254 g/mol. The summed E-state index contributed by atoms with van der Waals surface area (Å²) in [4.78, 5) is 10.9. The summed E-state index contributed by atoms with van der Waals surface area (Å²) < 4.78 is 5.63. The quantitative estimate of drug-likeness (QED) is 0.794. The third-order valence-electron chi connectivity index (χ3n) is 3.19. The van der Waals surface area contributed by atoms with E-state index < -0.39 is 11.5 Å². The van der Waals surface area contributed by atoms with Gasteiger partial charge in [0.2, 0.25) is 0 Å². The van der Waals surface area contributed by atoms with Crippen LogP contribution in [0.1, 0.15) is 13.8 Å². The topological polar surface area (TPSA) is 58.6 Å². The summed E-state index contributed by atoms with van der Waals surface area (Å²) in [6.07, 6.45) is 0. The number of carboxylic acid groups (broad SMARTS) is 1. The van der Waals surface area contributed by atoms with Crippen LogP contribution >= 0.6 is 0 Å². The number of carboxylic acids is 1. The van der Waals surface area contributed by atoms with Crippen molar-refractivity contribution in [2.45, 2.75) is 19.4 Å². The van der Waals surface area contributed by atoms with Crippen molar-refractivity contribution in [1.29, 1.82) is 0 Å². The van der Waals surface area contributed by atoms with Crippen LogP contribution in [0, 0.1) is 0 Å². The molecule has 0 aliphatic heterocycles. The molecule has 106 valence electrons. The first-order chi connectivity index (χ1) is 9.49. The van der Waals surface area contributed by atoms with E-state index in [1.54, 1.807) is 13.8 Å². The predicted molar refractivity (Wildman–Crippen MR) is 79.2 cm³/mol. The molecule has 0 saturated heterocycles. The Balaban J connectivity index is 1.88. The fourth-order valence-corrected chi connectivity index (χ4v) is 1.87. The molecule has 4 heteroatoms. The Bertz CT molecular complexity index is 607. The molecule has 0 fully saturated rings. The number of carbonyl (C=O) groups is 1. The Morgan fingerprint density at radius 3 is 2.60 bits per heavy atom. The van der Waals surface area contributed by atoms with E-state index in [9.17, 15) is 4.79 Å². The van der Waals surface area contributed by atoms with E-state index in [0.717, 1.165) is 11.1 Å². The number of hydrogen-bond donors (Lipinski definition) is 2. The van der Waals surface area contributed by atoms with Crippen LogP contribution in [-0.4, -0.2) is 29.8 Å². The number of fused-ring (bicyclic) bond motifs is 1. The number of benzene rings is 2. The second kappa shape index (κ2) is 5.92. The van der Waals surface area contributed by atoms with Crippen molar-refractivity contribution >= 4 is 16.7 Å². The SMILES string of the molecule is CC(C)(NCCOc1ccc2ccccc2c1)C(=O)O. The lowest BCUT2D eigenvalue weighted by atomic mass is 10.1. The summed E-state index contributed by atoms with van der Waals surface area (Å²) >= 11 is 0. The van der Waals surface area contributed by atoms with Crippen LogP contribution in [-0.2, 0) is 4.79 Å². The maximum Gasteiger partial charge on any atom is 0.323 e. The average molecular weight is 273 g/mol. The van der Waals surface area contributed by atoms with E-state index in [4.69, 9.17) is 9.84 Å². The lowest BCUT2D eigenvalue weighted by molar-refractivity contribution is -0.143. The first-order valence-corrected chi connectivity index (χ1v) is 6.59. The van der Waals surface area contributed by atoms with Gasteiger partial charge in [-0.25, -0.2) is 0 Å². The summed E-state index contributed by atoms with van der Waals surface area (Å²) in [6, 6.07) is 14.0. The van der Waals surface area contributed by atoms with Gasteiger partial charge in [-0.3, -0.25) is 10.1 Å². The first kappa shape index (κ1) is 14.3. The van der Waals surface area contributed by atoms with Crippen LogP contribution in [0.4, 0.5) is 0 Å². The predicted octanol–water partition coefficient (Wildman–Crippen LogP) is 2.67. The van der Waals surface area contributed by atoms with Gasteiger partial charge in [0, 0.05) is 6.54 Å². The molecule has 0 radical (unpaired) electrons. The Morgan fingerprint density at radius 1 is 1.20 bits per heavy atom. The van der Waals surface area contributed by atoms with Crippen LogP contribution in [0.3, 0.4) is 0 Å². The van der Waals surface area contributed by atoms with Gasteiger partial charge >= 0.3 is 5.97 Å². The third kappa shape index (κ3) is 3.48. The molecule has 20 heavy (non-hydrogen) atoms. The fraction of sp³-hybridized carbons (Fsp3) is 0.312. The van der Waals surface area contributed by atoms with Crippen molar-refractivity contribution in [3.8, 4) is 5.75 Å². The average Bonchev–Trinajstić information content (AvgIpc) is 2.43. The van der Waals surface area contributed by atoms with Gasteiger partial charge in [0.1, 0.15) is 17.9 Å². The number of ether oxygens (including phenoxy) is 1. The fourth-order valence-electron chi connectivity index (χ4n) is 1.87. The van der Waals surface area contributed by atoms with Crippen molar-refractivity contribution in [1.82, 2.24) is 5.32 Å². The molecule has 0 spiro atoms. The second-order valence-electron chi connectivity index (χ2n) is 5.21. The van der Waals surface area contributed by atoms with E-state index in [0.29, 0.717) is 13.2 Å². The highest BCUT2D eigenvalue weighted by Gasteiger charge is 2.25. The van der Waals surface area contributed by atoms with Crippen LogP contribution < -0.4 is 10.1 Å². The summed E-state index contributed by atoms with van der Waals surface area (Å²) in [7, 11) is 0. The highest BCUT2D eigenvalue weighted by Crippen LogP contribution is 2.20. The lowest BCUT2D eigenvalue weighted by Crippen LogP contribution is -2.48. The number of rotatable bonds is 6. The summed E-state index contributed by atoms with van der Waals surface area (Å²) in [6.45, 7) is 4.16. The van der Waals surface area contributed by atoms with Gasteiger partial charge < -0.3 is 9.84 Å². The molecular formula is C16H19NO3. The molecule has 4 nitrogen and oxygen atoms in total. The monoisotopic (exact) mass is 273 g/mol. The molecule has 0 heterocycles. The van der Waals surface area contributed by atoms with E-state index >= 15 is 0 Å². The summed E-state index contributed by atoms with van der Waals surface area (Å²) in [5.41, 5.74) is -0.938. The van der Waals surface area contributed by atoms with Gasteiger partial charge in [-0.05, 0) is 36.8 Å². The van der Waals surface area contributed by atoms with Crippen LogP contribution in [0.25, 0.3) is 10.8 Å². The van der Waals surface area contributed by atoms with Gasteiger partial charge in [-0.2, -0.15) is 0 Å². The molecule has 2 N–H and O–H groups in total. The molecule has 0 aliphatic carbocycles. The van der Waals surface area contributed by atoms with E-state index in [2.05, 4.69) is 11.4 Å². The van der Waals surface area contributed by atoms with Gasteiger partial charge in [-0.1, -0.05) is 30.3 Å². The number of nitrogens with one attached hydrogen (secondary N) is 1.